The normalized spacial score (nSPS) is 25.1. The van der Waals surface area contributed by atoms with Gasteiger partial charge in [-0.3, -0.25) is 4.79 Å². The zero-order valence-corrected chi connectivity index (χ0v) is 10.6. The van der Waals surface area contributed by atoms with Gasteiger partial charge in [-0.1, -0.05) is 6.92 Å². The molecule has 0 radical (unpaired) electrons. The van der Waals surface area contributed by atoms with Crippen molar-refractivity contribution in [2.45, 2.75) is 38.3 Å². The lowest BCUT2D eigenvalue weighted by Crippen LogP contribution is -2.50. The quantitative estimate of drug-likeness (QED) is 0.800. The molecule has 94 valence electrons. The summed E-state index contributed by atoms with van der Waals surface area (Å²) in [6.07, 6.45) is 3.63. The van der Waals surface area contributed by atoms with Crippen LogP contribution in [0.2, 0.25) is 0 Å². The van der Waals surface area contributed by atoms with Crippen LogP contribution in [0, 0.1) is 0 Å². The Labute approximate surface area is 103 Å². The van der Waals surface area contributed by atoms with Gasteiger partial charge in [0.05, 0.1) is 6.10 Å². The Balaban J connectivity index is 0.00000128. The number of carbonyl (C=O) groups is 1. The number of carbonyl (C=O) groups excluding carboxylic acids is 1. The molecule has 16 heavy (non-hydrogen) atoms. The van der Waals surface area contributed by atoms with Gasteiger partial charge in [0, 0.05) is 25.7 Å². The topological polar surface area (TPSA) is 41.6 Å². The van der Waals surface area contributed by atoms with Gasteiger partial charge >= 0.3 is 0 Å². The minimum Gasteiger partial charge on any atom is -0.366 e. The molecule has 1 amide bonds. The molecule has 2 aliphatic rings. The first-order valence-electron chi connectivity index (χ1n) is 5.93. The SMILES string of the molecule is CCC1CCCN1C(=O)COC1CNC1.Cl. The van der Waals surface area contributed by atoms with Crippen LogP contribution in [0.25, 0.3) is 0 Å². The van der Waals surface area contributed by atoms with Crippen LogP contribution in [0.15, 0.2) is 0 Å². The first-order chi connectivity index (χ1) is 7.31. The van der Waals surface area contributed by atoms with Crippen LogP contribution < -0.4 is 5.32 Å². The zero-order valence-electron chi connectivity index (χ0n) is 9.78. The van der Waals surface area contributed by atoms with Crippen molar-refractivity contribution in [3.05, 3.63) is 0 Å². The monoisotopic (exact) mass is 248 g/mol. The Morgan fingerprint density at radius 1 is 1.50 bits per heavy atom. The largest absolute Gasteiger partial charge is 0.366 e. The van der Waals surface area contributed by atoms with Crippen molar-refractivity contribution in [2.75, 3.05) is 26.2 Å². The molecule has 0 aromatic carbocycles. The molecule has 2 fully saturated rings. The number of nitrogens with zero attached hydrogens (tertiary/aromatic N) is 1. The third-order valence-corrected chi connectivity index (χ3v) is 3.36. The molecule has 0 saturated carbocycles. The summed E-state index contributed by atoms with van der Waals surface area (Å²) in [5.74, 6) is 0.172. The van der Waals surface area contributed by atoms with Crippen LogP contribution in [0.4, 0.5) is 0 Å². The molecule has 1 atom stereocenters. The van der Waals surface area contributed by atoms with Gasteiger partial charge < -0.3 is 15.0 Å². The van der Waals surface area contributed by atoms with Gasteiger partial charge in [-0.2, -0.15) is 0 Å². The predicted molar refractivity (Wildman–Crippen MR) is 64.9 cm³/mol. The molecule has 5 heteroatoms. The summed E-state index contributed by atoms with van der Waals surface area (Å²) in [5, 5.41) is 3.12. The van der Waals surface area contributed by atoms with Crippen molar-refractivity contribution in [3.63, 3.8) is 0 Å². The smallest absolute Gasteiger partial charge is 0.248 e. The minimum absolute atomic E-state index is 0. The second-order valence-electron chi connectivity index (χ2n) is 4.38. The number of amides is 1. The summed E-state index contributed by atoms with van der Waals surface area (Å²) < 4.78 is 5.49. The van der Waals surface area contributed by atoms with E-state index in [0.29, 0.717) is 6.04 Å². The molecule has 0 spiro atoms. The van der Waals surface area contributed by atoms with E-state index in [1.54, 1.807) is 0 Å². The van der Waals surface area contributed by atoms with E-state index in [-0.39, 0.29) is 31.0 Å². The highest BCUT2D eigenvalue weighted by Gasteiger charge is 2.28. The van der Waals surface area contributed by atoms with Crippen molar-refractivity contribution in [2.24, 2.45) is 0 Å². The second-order valence-corrected chi connectivity index (χ2v) is 4.38. The second kappa shape index (κ2) is 6.42. The minimum atomic E-state index is 0. The van der Waals surface area contributed by atoms with Crippen LogP contribution >= 0.6 is 12.4 Å². The Morgan fingerprint density at radius 2 is 2.25 bits per heavy atom. The molecule has 2 rings (SSSR count). The molecular formula is C11H21ClN2O2. The van der Waals surface area contributed by atoms with Gasteiger partial charge in [0.2, 0.25) is 5.91 Å². The van der Waals surface area contributed by atoms with Crippen LogP contribution in [0.1, 0.15) is 26.2 Å². The van der Waals surface area contributed by atoms with E-state index in [1.165, 1.54) is 0 Å². The molecule has 1 unspecified atom stereocenters. The van der Waals surface area contributed by atoms with Crippen molar-refractivity contribution in [1.82, 2.24) is 10.2 Å². The van der Waals surface area contributed by atoms with E-state index in [0.717, 1.165) is 38.9 Å². The van der Waals surface area contributed by atoms with Gasteiger partial charge in [-0.25, -0.2) is 0 Å². The maximum absolute atomic E-state index is 11.8. The van der Waals surface area contributed by atoms with Gasteiger partial charge in [-0.15, -0.1) is 12.4 Å². The first kappa shape index (κ1) is 13.7. The van der Waals surface area contributed by atoms with E-state index < -0.39 is 0 Å². The Hall–Kier alpha value is -0.320. The molecular weight excluding hydrogens is 228 g/mol. The Bertz CT molecular complexity index is 234. The third kappa shape index (κ3) is 3.09. The van der Waals surface area contributed by atoms with E-state index in [2.05, 4.69) is 12.2 Å². The van der Waals surface area contributed by atoms with Crippen molar-refractivity contribution < 1.29 is 9.53 Å². The van der Waals surface area contributed by atoms with E-state index in [9.17, 15) is 4.79 Å². The highest BCUT2D eigenvalue weighted by atomic mass is 35.5. The maximum atomic E-state index is 11.8. The predicted octanol–water partition coefficient (Wildman–Crippen LogP) is 0.798. The molecule has 0 aromatic heterocycles. The van der Waals surface area contributed by atoms with E-state index >= 15 is 0 Å². The highest BCUT2D eigenvalue weighted by Crippen LogP contribution is 2.19. The highest BCUT2D eigenvalue weighted by molar-refractivity contribution is 5.85. The number of hydrogen-bond donors (Lipinski definition) is 1. The van der Waals surface area contributed by atoms with Crippen molar-refractivity contribution >= 4 is 18.3 Å². The molecule has 0 aromatic rings. The standard InChI is InChI=1S/C11H20N2O2.ClH/c1-2-9-4-3-5-13(9)11(14)8-15-10-6-12-7-10;/h9-10,12H,2-8H2,1H3;1H. The molecule has 2 heterocycles. The summed E-state index contributed by atoms with van der Waals surface area (Å²) in [7, 11) is 0. The summed E-state index contributed by atoms with van der Waals surface area (Å²) in [4.78, 5) is 13.8. The zero-order chi connectivity index (χ0) is 10.7. The fourth-order valence-corrected chi connectivity index (χ4v) is 2.24. The molecule has 1 N–H and O–H groups in total. The molecule has 0 aliphatic carbocycles. The van der Waals surface area contributed by atoms with Gasteiger partial charge in [0.1, 0.15) is 6.61 Å². The number of hydrogen-bond acceptors (Lipinski definition) is 3. The molecule has 2 aliphatic heterocycles. The Kier molecular flexibility index (Phi) is 5.52. The van der Waals surface area contributed by atoms with E-state index in [1.807, 2.05) is 4.90 Å². The number of ether oxygens (including phenoxy) is 1. The molecule has 2 saturated heterocycles. The van der Waals surface area contributed by atoms with Gasteiger partial charge in [0.15, 0.2) is 0 Å². The van der Waals surface area contributed by atoms with Crippen LogP contribution in [-0.4, -0.2) is 49.2 Å². The Morgan fingerprint density at radius 3 is 2.81 bits per heavy atom. The molecule has 4 nitrogen and oxygen atoms in total. The average Bonchev–Trinajstić information content (AvgIpc) is 2.62. The van der Waals surface area contributed by atoms with Crippen LogP contribution in [-0.2, 0) is 9.53 Å². The lowest BCUT2D eigenvalue weighted by Gasteiger charge is -2.29. The van der Waals surface area contributed by atoms with Crippen LogP contribution in [0.5, 0.6) is 0 Å². The summed E-state index contributed by atoms with van der Waals surface area (Å²) >= 11 is 0. The fraction of sp³-hybridized carbons (Fsp3) is 0.909. The lowest BCUT2D eigenvalue weighted by atomic mass is 10.2. The summed E-state index contributed by atoms with van der Waals surface area (Å²) in [6.45, 7) is 5.12. The molecule has 0 bridgehead atoms. The number of halogens is 1. The summed E-state index contributed by atoms with van der Waals surface area (Å²) in [5.41, 5.74) is 0. The third-order valence-electron chi connectivity index (χ3n) is 3.36. The van der Waals surface area contributed by atoms with Gasteiger partial charge in [-0.05, 0) is 19.3 Å². The van der Waals surface area contributed by atoms with Crippen LogP contribution in [0.3, 0.4) is 0 Å². The average molecular weight is 249 g/mol. The number of likely N-dealkylation sites (tertiary alicyclic amines) is 1. The lowest BCUT2D eigenvalue weighted by molar-refractivity contribution is -0.140. The number of rotatable bonds is 4. The number of nitrogens with one attached hydrogen (secondary N) is 1. The fourth-order valence-electron chi connectivity index (χ4n) is 2.24. The van der Waals surface area contributed by atoms with Gasteiger partial charge in [0.25, 0.3) is 0 Å². The van der Waals surface area contributed by atoms with E-state index in [4.69, 9.17) is 4.74 Å². The summed E-state index contributed by atoms with van der Waals surface area (Å²) in [6, 6.07) is 0.459. The van der Waals surface area contributed by atoms with Crippen molar-refractivity contribution in [1.29, 1.82) is 0 Å². The first-order valence-corrected chi connectivity index (χ1v) is 5.93. The maximum Gasteiger partial charge on any atom is 0.248 e. The van der Waals surface area contributed by atoms with Crippen molar-refractivity contribution in [3.8, 4) is 0 Å².